The van der Waals surface area contributed by atoms with E-state index in [0.717, 1.165) is 6.07 Å². The second-order valence-electron chi connectivity index (χ2n) is 4.12. The van der Waals surface area contributed by atoms with Crippen molar-refractivity contribution >= 4 is 11.6 Å². The van der Waals surface area contributed by atoms with Crippen molar-refractivity contribution < 1.29 is 14.1 Å². The summed E-state index contributed by atoms with van der Waals surface area (Å²) in [6.45, 7) is -0.654. The summed E-state index contributed by atoms with van der Waals surface area (Å²) in [5.41, 5.74) is 0.653. The molecular formula is C14H11FN2O3. The smallest absolute Gasteiger partial charge is 0.255 e. The Labute approximate surface area is 114 Å². The highest BCUT2D eigenvalue weighted by Crippen LogP contribution is 2.14. The van der Waals surface area contributed by atoms with E-state index in [4.69, 9.17) is 0 Å². The van der Waals surface area contributed by atoms with Crippen LogP contribution in [0, 0.1) is 15.9 Å². The van der Waals surface area contributed by atoms with Crippen molar-refractivity contribution in [1.82, 2.24) is 0 Å². The summed E-state index contributed by atoms with van der Waals surface area (Å²) in [4.78, 5) is 21.7. The number of rotatable bonds is 4. The summed E-state index contributed by atoms with van der Waals surface area (Å²) in [7, 11) is 0. The number of benzene rings is 2. The first-order chi connectivity index (χ1) is 9.56. The van der Waals surface area contributed by atoms with Gasteiger partial charge in [0.25, 0.3) is 5.91 Å². The topological polar surface area (TPSA) is 72.2 Å². The van der Waals surface area contributed by atoms with Crippen LogP contribution in [0.25, 0.3) is 0 Å². The predicted octanol–water partition coefficient (Wildman–Crippen LogP) is 2.85. The number of halogens is 1. The van der Waals surface area contributed by atoms with Gasteiger partial charge in [0.1, 0.15) is 5.82 Å². The van der Waals surface area contributed by atoms with E-state index >= 15 is 0 Å². The van der Waals surface area contributed by atoms with E-state index in [9.17, 15) is 19.3 Å². The molecule has 20 heavy (non-hydrogen) atoms. The molecule has 0 fully saturated rings. The van der Waals surface area contributed by atoms with Gasteiger partial charge in [-0.3, -0.25) is 14.9 Å². The van der Waals surface area contributed by atoms with Gasteiger partial charge in [0.15, 0.2) is 0 Å². The summed E-state index contributed by atoms with van der Waals surface area (Å²) in [6.07, 6.45) is 0. The molecule has 0 heterocycles. The third kappa shape index (κ3) is 3.38. The first-order valence-electron chi connectivity index (χ1n) is 5.83. The van der Waals surface area contributed by atoms with Gasteiger partial charge in [-0.15, -0.1) is 0 Å². The standard InChI is InChI=1S/C14H11FN2O3/c15-13-7-6-10(8-11(13)9-17(19)20)14(18)16-12-4-2-1-3-5-12/h1-8H,9H2,(H,16,18). The number of hydrogen-bond donors (Lipinski definition) is 1. The fourth-order valence-corrected chi connectivity index (χ4v) is 1.70. The molecule has 5 nitrogen and oxygen atoms in total. The van der Waals surface area contributed by atoms with Crippen molar-refractivity contribution in [3.05, 3.63) is 75.6 Å². The van der Waals surface area contributed by atoms with Gasteiger partial charge in [0.2, 0.25) is 6.54 Å². The SMILES string of the molecule is O=C(Nc1ccccc1)c1ccc(F)c(C[N+](=O)[O-])c1. The Bertz CT molecular complexity index is 644. The summed E-state index contributed by atoms with van der Waals surface area (Å²) < 4.78 is 13.4. The normalized spacial score (nSPS) is 10.1. The minimum atomic E-state index is -0.696. The second kappa shape index (κ2) is 5.92. The molecule has 0 bridgehead atoms. The third-order valence-electron chi connectivity index (χ3n) is 2.64. The van der Waals surface area contributed by atoms with Crippen LogP contribution in [0.3, 0.4) is 0 Å². The molecule has 2 aromatic rings. The largest absolute Gasteiger partial charge is 0.322 e. The molecule has 1 N–H and O–H groups in total. The Kier molecular flexibility index (Phi) is 4.05. The summed E-state index contributed by atoms with van der Waals surface area (Å²) in [5, 5.41) is 13.1. The number of carbonyl (C=O) groups is 1. The van der Waals surface area contributed by atoms with E-state index < -0.39 is 23.2 Å². The van der Waals surface area contributed by atoms with E-state index in [-0.39, 0.29) is 11.1 Å². The van der Waals surface area contributed by atoms with Crippen LogP contribution in [0.4, 0.5) is 10.1 Å². The number of hydrogen-bond acceptors (Lipinski definition) is 3. The molecule has 0 radical (unpaired) electrons. The molecular weight excluding hydrogens is 263 g/mol. The van der Waals surface area contributed by atoms with Gasteiger partial charge < -0.3 is 5.32 Å². The molecule has 6 heteroatoms. The summed E-state index contributed by atoms with van der Waals surface area (Å²) >= 11 is 0. The molecule has 0 saturated heterocycles. The number of para-hydroxylation sites is 1. The van der Waals surface area contributed by atoms with Gasteiger partial charge >= 0.3 is 0 Å². The fraction of sp³-hybridized carbons (Fsp3) is 0.0714. The van der Waals surface area contributed by atoms with Crippen molar-refractivity contribution in [3.63, 3.8) is 0 Å². The van der Waals surface area contributed by atoms with Crippen LogP contribution in [0.15, 0.2) is 48.5 Å². The Hall–Kier alpha value is -2.76. The van der Waals surface area contributed by atoms with E-state index in [0.29, 0.717) is 5.69 Å². The average molecular weight is 274 g/mol. The van der Waals surface area contributed by atoms with Gasteiger partial charge in [-0.05, 0) is 30.3 Å². The lowest BCUT2D eigenvalue weighted by molar-refractivity contribution is -0.497. The van der Waals surface area contributed by atoms with Gasteiger partial charge in [0, 0.05) is 16.2 Å². The van der Waals surface area contributed by atoms with Gasteiger partial charge in [-0.1, -0.05) is 18.2 Å². The van der Waals surface area contributed by atoms with Crippen LogP contribution >= 0.6 is 0 Å². The number of nitro groups is 1. The fourth-order valence-electron chi connectivity index (χ4n) is 1.70. The number of nitrogens with zero attached hydrogens (tertiary/aromatic N) is 1. The molecule has 0 aliphatic carbocycles. The van der Waals surface area contributed by atoms with Crippen molar-refractivity contribution in [2.24, 2.45) is 0 Å². The third-order valence-corrected chi connectivity index (χ3v) is 2.64. The summed E-state index contributed by atoms with van der Waals surface area (Å²) in [5.74, 6) is -1.14. The van der Waals surface area contributed by atoms with E-state index in [2.05, 4.69) is 5.32 Å². The maximum absolute atomic E-state index is 13.4. The highest BCUT2D eigenvalue weighted by atomic mass is 19.1. The van der Waals surface area contributed by atoms with Gasteiger partial charge in [0.05, 0.1) is 5.56 Å². The molecule has 2 rings (SSSR count). The monoisotopic (exact) mass is 274 g/mol. The lowest BCUT2D eigenvalue weighted by atomic mass is 10.1. The zero-order valence-corrected chi connectivity index (χ0v) is 10.4. The van der Waals surface area contributed by atoms with Crippen LogP contribution in [-0.4, -0.2) is 10.8 Å². The number of nitrogens with one attached hydrogen (secondary N) is 1. The highest BCUT2D eigenvalue weighted by Gasteiger charge is 2.13. The van der Waals surface area contributed by atoms with Crippen molar-refractivity contribution in [3.8, 4) is 0 Å². The van der Waals surface area contributed by atoms with E-state index in [1.54, 1.807) is 24.3 Å². The van der Waals surface area contributed by atoms with Crippen LogP contribution in [0.2, 0.25) is 0 Å². The summed E-state index contributed by atoms with van der Waals surface area (Å²) in [6, 6.07) is 12.3. The molecule has 0 spiro atoms. The molecule has 0 atom stereocenters. The molecule has 1 amide bonds. The number of anilines is 1. The molecule has 0 aliphatic rings. The zero-order chi connectivity index (χ0) is 14.5. The van der Waals surface area contributed by atoms with Crippen molar-refractivity contribution in [1.29, 1.82) is 0 Å². The van der Waals surface area contributed by atoms with E-state index in [1.807, 2.05) is 6.07 Å². The Morgan fingerprint density at radius 3 is 2.55 bits per heavy atom. The number of amides is 1. The lowest BCUT2D eigenvalue weighted by Crippen LogP contribution is -2.13. The lowest BCUT2D eigenvalue weighted by Gasteiger charge is -2.06. The average Bonchev–Trinajstić information content (AvgIpc) is 2.42. The van der Waals surface area contributed by atoms with Crippen molar-refractivity contribution in [2.45, 2.75) is 6.54 Å². The maximum atomic E-state index is 13.4. The molecule has 2 aromatic carbocycles. The highest BCUT2D eigenvalue weighted by molar-refractivity contribution is 6.04. The molecule has 0 aromatic heterocycles. The number of carbonyl (C=O) groups excluding carboxylic acids is 1. The predicted molar refractivity (Wildman–Crippen MR) is 71.5 cm³/mol. The minimum Gasteiger partial charge on any atom is -0.322 e. The van der Waals surface area contributed by atoms with E-state index in [1.165, 1.54) is 12.1 Å². The molecule has 0 saturated carbocycles. The minimum absolute atomic E-state index is 0.115. The maximum Gasteiger partial charge on any atom is 0.255 e. The Morgan fingerprint density at radius 1 is 1.20 bits per heavy atom. The van der Waals surface area contributed by atoms with Gasteiger partial charge in [-0.25, -0.2) is 4.39 Å². The van der Waals surface area contributed by atoms with Crippen LogP contribution < -0.4 is 5.32 Å². The molecule has 0 unspecified atom stereocenters. The first-order valence-corrected chi connectivity index (χ1v) is 5.83. The van der Waals surface area contributed by atoms with Crippen LogP contribution in [0.1, 0.15) is 15.9 Å². The van der Waals surface area contributed by atoms with Crippen LogP contribution in [0.5, 0.6) is 0 Å². The quantitative estimate of drug-likeness (QED) is 0.688. The van der Waals surface area contributed by atoms with Crippen LogP contribution in [-0.2, 0) is 6.54 Å². The Balaban J connectivity index is 2.20. The zero-order valence-electron chi connectivity index (χ0n) is 10.4. The van der Waals surface area contributed by atoms with Gasteiger partial charge in [-0.2, -0.15) is 0 Å². The molecule has 102 valence electrons. The van der Waals surface area contributed by atoms with Crippen molar-refractivity contribution in [2.75, 3.05) is 5.32 Å². The molecule has 0 aliphatic heterocycles. The Morgan fingerprint density at radius 2 is 1.90 bits per heavy atom. The second-order valence-corrected chi connectivity index (χ2v) is 4.12. The first kappa shape index (κ1) is 13.7.